The third-order valence-electron chi connectivity index (χ3n) is 3.53. The number of hydrogen-bond acceptors (Lipinski definition) is 6. The Morgan fingerprint density at radius 2 is 1.86 bits per heavy atom. The Hall–Kier alpha value is -1.80. The van der Waals surface area contributed by atoms with Crippen LogP contribution in [0.15, 0.2) is 11.8 Å². The lowest BCUT2D eigenvalue weighted by atomic mass is 10.3. The van der Waals surface area contributed by atoms with Crippen LogP contribution in [0.3, 0.4) is 0 Å². The second-order valence-electron chi connectivity index (χ2n) is 5.14. The van der Waals surface area contributed by atoms with Crippen molar-refractivity contribution in [2.75, 3.05) is 45.8 Å². The fourth-order valence-corrected chi connectivity index (χ4v) is 2.36. The zero-order valence-corrected chi connectivity index (χ0v) is 12.2. The van der Waals surface area contributed by atoms with Crippen LogP contribution in [-0.2, 0) is 9.53 Å². The van der Waals surface area contributed by atoms with Crippen LogP contribution in [0.5, 0.6) is 0 Å². The Morgan fingerprint density at radius 3 is 2.52 bits per heavy atom. The molecule has 0 aromatic rings. The molecule has 0 saturated carbocycles. The third kappa shape index (κ3) is 4.33. The summed E-state index contributed by atoms with van der Waals surface area (Å²) in [5.74, 6) is -0.478. The molecule has 2 saturated heterocycles. The van der Waals surface area contributed by atoms with E-state index in [1.807, 2.05) is 0 Å². The topological polar surface area (TPSA) is 94.1 Å². The largest absolute Gasteiger partial charge is 0.465 e. The molecule has 0 radical (unpaired) electrons. The van der Waals surface area contributed by atoms with Gasteiger partial charge in [-0.2, -0.15) is 0 Å². The minimum Gasteiger partial charge on any atom is -0.465 e. The van der Waals surface area contributed by atoms with Gasteiger partial charge in [-0.15, -0.1) is 0 Å². The van der Waals surface area contributed by atoms with Gasteiger partial charge >= 0.3 is 12.1 Å². The number of carboxylic acid groups (broad SMARTS) is 1. The molecule has 1 atom stereocenters. The van der Waals surface area contributed by atoms with E-state index in [2.05, 4.69) is 15.5 Å². The maximum atomic E-state index is 12.1. The highest BCUT2D eigenvalue weighted by molar-refractivity contribution is 5.87. The molecule has 2 heterocycles. The van der Waals surface area contributed by atoms with Gasteiger partial charge in [0.25, 0.3) is 0 Å². The molecule has 0 aromatic heterocycles. The van der Waals surface area contributed by atoms with Crippen LogP contribution in [0.4, 0.5) is 4.79 Å². The smallest absolute Gasteiger partial charge is 0.410 e. The van der Waals surface area contributed by atoms with Crippen molar-refractivity contribution in [2.24, 2.45) is 0 Å². The zero-order chi connectivity index (χ0) is 15.2. The van der Waals surface area contributed by atoms with Crippen molar-refractivity contribution >= 4 is 12.1 Å². The molecule has 0 bridgehead atoms. The first-order valence-electron chi connectivity index (χ1n) is 7.12. The van der Waals surface area contributed by atoms with Crippen molar-refractivity contribution in [3.05, 3.63) is 11.8 Å². The lowest BCUT2D eigenvalue weighted by molar-refractivity contribution is -0.153. The predicted molar refractivity (Wildman–Crippen MR) is 75.7 cm³/mol. The Kier molecular flexibility index (Phi) is 5.40. The molecular weight excluding hydrogens is 276 g/mol. The first-order chi connectivity index (χ1) is 10.1. The van der Waals surface area contributed by atoms with Gasteiger partial charge in [-0.1, -0.05) is 0 Å². The molecule has 1 unspecified atom stereocenters. The maximum Gasteiger partial charge on any atom is 0.410 e. The monoisotopic (exact) mass is 298 g/mol. The van der Waals surface area contributed by atoms with Crippen molar-refractivity contribution < 1.29 is 19.4 Å². The van der Waals surface area contributed by atoms with Gasteiger partial charge in [-0.05, 0) is 6.92 Å². The first-order valence-corrected chi connectivity index (χ1v) is 7.12. The van der Waals surface area contributed by atoms with Crippen LogP contribution >= 0.6 is 0 Å². The van der Waals surface area contributed by atoms with E-state index in [0.29, 0.717) is 25.2 Å². The van der Waals surface area contributed by atoms with Crippen LogP contribution in [0.1, 0.15) is 6.92 Å². The molecule has 21 heavy (non-hydrogen) atoms. The molecule has 2 fully saturated rings. The molecule has 118 valence electrons. The molecule has 8 heteroatoms. The van der Waals surface area contributed by atoms with Crippen molar-refractivity contribution in [1.29, 1.82) is 0 Å². The van der Waals surface area contributed by atoms with Crippen molar-refractivity contribution in [3.8, 4) is 0 Å². The van der Waals surface area contributed by atoms with E-state index < -0.39 is 18.3 Å². The number of nitrogens with zero attached hydrogens (tertiary/aromatic N) is 2. The van der Waals surface area contributed by atoms with Gasteiger partial charge in [-0.25, -0.2) is 9.59 Å². The average Bonchev–Trinajstić information content (AvgIpc) is 2.48. The quantitative estimate of drug-likeness (QED) is 0.466. The van der Waals surface area contributed by atoms with Crippen molar-refractivity contribution in [1.82, 2.24) is 20.4 Å². The summed E-state index contributed by atoms with van der Waals surface area (Å²) in [7, 11) is 0. The van der Waals surface area contributed by atoms with Crippen LogP contribution in [0.2, 0.25) is 0 Å². The number of esters is 1. The zero-order valence-electron chi connectivity index (χ0n) is 12.2. The first kappa shape index (κ1) is 15.6. The molecule has 3 N–H and O–H groups in total. The van der Waals surface area contributed by atoms with Gasteiger partial charge in [0.05, 0.1) is 6.54 Å². The Balaban J connectivity index is 1.92. The minimum absolute atomic E-state index is 0.313. The number of rotatable bonds is 3. The minimum atomic E-state index is -1.07. The van der Waals surface area contributed by atoms with E-state index in [0.717, 1.165) is 31.1 Å². The van der Waals surface area contributed by atoms with Crippen molar-refractivity contribution in [3.63, 3.8) is 0 Å². The second kappa shape index (κ2) is 7.28. The van der Waals surface area contributed by atoms with E-state index >= 15 is 0 Å². The summed E-state index contributed by atoms with van der Waals surface area (Å²) in [5, 5.41) is 15.4. The van der Waals surface area contributed by atoms with Gasteiger partial charge in [0.15, 0.2) is 6.23 Å². The number of hydrogen-bond donors (Lipinski definition) is 3. The van der Waals surface area contributed by atoms with Gasteiger partial charge in [0, 0.05) is 51.0 Å². The molecule has 8 nitrogen and oxygen atoms in total. The van der Waals surface area contributed by atoms with Gasteiger partial charge < -0.3 is 25.4 Å². The molecular formula is C13H22N4O4. The van der Waals surface area contributed by atoms with E-state index in [1.54, 1.807) is 13.1 Å². The number of piperazine rings is 2. The fraction of sp³-hybridized carbons (Fsp3) is 0.692. The van der Waals surface area contributed by atoms with Crippen LogP contribution in [0.25, 0.3) is 0 Å². The number of carbonyl (C=O) groups is 2. The summed E-state index contributed by atoms with van der Waals surface area (Å²) in [6, 6.07) is 0. The third-order valence-corrected chi connectivity index (χ3v) is 3.53. The highest BCUT2D eigenvalue weighted by Crippen LogP contribution is 2.09. The number of ether oxygens (including phenoxy) is 1. The molecule has 2 aliphatic heterocycles. The van der Waals surface area contributed by atoms with E-state index in [4.69, 9.17) is 9.84 Å². The standard InChI is InChI=1S/C13H22N4O4/c1-10(9-16-5-2-14-3-6-16)12(18)21-11-8-15-4-7-17(11)13(19)20/h9,11,14-15H,2-8H2,1H3,(H,19,20). The van der Waals surface area contributed by atoms with Crippen molar-refractivity contribution in [2.45, 2.75) is 13.2 Å². The lowest BCUT2D eigenvalue weighted by Gasteiger charge is -2.33. The maximum absolute atomic E-state index is 12.1. The van der Waals surface area contributed by atoms with Gasteiger partial charge in [0.1, 0.15) is 0 Å². The fourth-order valence-electron chi connectivity index (χ4n) is 2.36. The Bertz CT molecular complexity index is 420. The van der Waals surface area contributed by atoms with Crippen LogP contribution < -0.4 is 10.6 Å². The lowest BCUT2D eigenvalue weighted by Crippen LogP contribution is -2.55. The highest BCUT2D eigenvalue weighted by Gasteiger charge is 2.29. The SMILES string of the molecule is CC(=CN1CCNCC1)C(=O)OC1CNCCN1C(=O)O. The number of carbonyl (C=O) groups excluding carboxylic acids is 1. The number of amides is 1. The number of nitrogens with one attached hydrogen (secondary N) is 2. The Morgan fingerprint density at radius 1 is 1.19 bits per heavy atom. The van der Waals surface area contributed by atoms with E-state index in [-0.39, 0.29) is 0 Å². The summed E-state index contributed by atoms with van der Waals surface area (Å²) in [6.45, 7) is 6.35. The molecule has 0 spiro atoms. The molecule has 2 rings (SSSR count). The molecule has 0 aromatic carbocycles. The van der Waals surface area contributed by atoms with E-state index in [1.165, 1.54) is 0 Å². The summed E-state index contributed by atoms with van der Waals surface area (Å²) < 4.78 is 5.30. The summed E-state index contributed by atoms with van der Waals surface area (Å²) >= 11 is 0. The average molecular weight is 298 g/mol. The normalized spacial score (nSPS) is 23.9. The van der Waals surface area contributed by atoms with Gasteiger partial charge in [0.2, 0.25) is 0 Å². The predicted octanol–water partition coefficient (Wildman–Crippen LogP) is -0.752. The van der Waals surface area contributed by atoms with Crippen LogP contribution in [-0.4, -0.2) is 79.0 Å². The molecule has 1 amide bonds. The van der Waals surface area contributed by atoms with Crippen LogP contribution in [0, 0.1) is 0 Å². The summed E-state index contributed by atoms with van der Waals surface area (Å²) in [6.07, 6.45) is -0.0574. The van der Waals surface area contributed by atoms with Gasteiger partial charge in [-0.3, -0.25) is 4.90 Å². The highest BCUT2D eigenvalue weighted by atomic mass is 16.6. The second-order valence-corrected chi connectivity index (χ2v) is 5.14. The summed E-state index contributed by atoms with van der Waals surface area (Å²) in [5.41, 5.74) is 0.479. The molecule has 2 aliphatic rings. The molecule has 0 aliphatic carbocycles. The summed E-state index contributed by atoms with van der Waals surface area (Å²) in [4.78, 5) is 26.4. The van der Waals surface area contributed by atoms with E-state index in [9.17, 15) is 9.59 Å². The Labute approximate surface area is 123 Å².